The molecular formula is C30H38O4. The van der Waals surface area contributed by atoms with Crippen LogP contribution in [0.15, 0.2) is 54.6 Å². The van der Waals surface area contributed by atoms with E-state index in [4.69, 9.17) is 9.47 Å². The zero-order valence-electron chi connectivity index (χ0n) is 20.4. The Kier molecular flexibility index (Phi) is 6.92. The third-order valence-corrected chi connectivity index (χ3v) is 8.45. The van der Waals surface area contributed by atoms with Crippen LogP contribution in [0.25, 0.3) is 0 Å². The molecule has 2 saturated carbocycles. The van der Waals surface area contributed by atoms with Crippen LogP contribution in [0.4, 0.5) is 0 Å². The van der Waals surface area contributed by atoms with Crippen molar-refractivity contribution in [2.45, 2.75) is 94.5 Å². The molecule has 0 aromatic heterocycles. The summed E-state index contributed by atoms with van der Waals surface area (Å²) < 4.78 is 12.9. The average Bonchev–Trinajstić information content (AvgIpc) is 3.32. The zero-order chi connectivity index (χ0) is 23.6. The van der Waals surface area contributed by atoms with E-state index < -0.39 is 5.60 Å². The molecule has 1 saturated heterocycles. The summed E-state index contributed by atoms with van der Waals surface area (Å²) in [5.41, 5.74) is 2.03. The second-order valence-electron chi connectivity index (χ2n) is 10.7. The average molecular weight is 463 g/mol. The summed E-state index contributed by atoms with van der Waals surface area (Å²) in [6.07, 6.45) is 9.32. The maximum Gasteiger partial charge on any atom is 0.165 e. The Bertz CT molecular complexity index is 953. The number of ketones is 1. The van der Waals surface area contributed by atoms with Gasteiger partial charge in [-0.05, 0) is 56.6 Å². The summed E-state index contributed by atoms with van der Waals surface area (Å²) in [6, 6.07) is 18.2. The summed E-state index contributed by atoms with van der Waals surface area (Å²) in [5.74, 6) is 0.272. The smallest absolute Gasteiger partial charge is 0.165 e. The van der Waals surface area contributed by atoms with Gasteiger partial charge in [0.15, 0.2) is 5.78 Å². The van der Waals surface area contributed by atoms with Gasteiger partial charge in [0.2, 0.25) is 0 Å². The maximum atomic E-state index is 13.3. The van der Waals surface area contributed by atoms with Crippen molar-refractivity contribution in [1.82, 2.24) is 0 Å². The van der Waals surface area contributed by atoms with E-state index in [1.54, 1.807) is 0 Å². The minimum absolute atomic E-state index is 0.0392. The Labute approximate surface area is 203 Å². The Balaban J connectivity index is 1.25. The van der Waals surface area contributed by atoms with Crippen molar-refractivity contribution in [1.29, 1.82) is 0 Å². The zero-order valence-corrected chi connectivity index (χ0v) is 20.4. The molecule has 1 spiro atoms. The molecular weight excluding hydrogens is 424 g/mol. The highest BCUT2D eigenvalue weighted by Crippen LogP contribution is 2.47. The largest absolute Gasteiger partial charge is 0.385 e. The molecule has 2 aromatic rings. The van der Waals surface area contributed by atoms with E-state index in [0.717, 1.165) is 75.3 Å². The molecule has 3 fully saturated rings. The van der Waals surface area contributed by atoms with E-state index in [0.29, 0.717) is 6.61 Å². The van der Waals surface area contributed by atoms with Crippen molar-refractivity contribution >= 4 is 5.78 Å². The van der Waals surface area contributed by atoms with Crippen molar-refractivity contribution in [3.05, 3.63) is 71.3 Å². The number of hydrogen-bond donors (Lipinski definition) is 1. The molecule has 5 rings (SSSR count). The fraction of sp³-hybridized carbons (Fsp3) is 0.567. The van der Waals surface area contributed by atoms with Crippen molar-refractivity contribution in [3.63, 3.8) is 0 Å². The topological polar surface area (TPSA) is 55.8 Å². The van der Waals surface area contributed by atoms with Gasteiger partial charge < -0.3 is 14.6 Å². The van der Waals surface area contributed by atoms with Gasteiger partial charge in [-0.3, -0.25) is 4.79 Å². The van der Waals surface area contributed by atoms with Crippen LogP contribution >= 0.6 is 0 Å². The van der Waals surface area contributed by atoms with E-state index in [1.807, 2.05) is 30.3 Å². The molecule has 2 aromatic carbocycles. The molecule has 0 bridgehead atoms. The molecule has 1 aliphatic heterocycles. The first kappa shape index (κ1) is 23.7. The third kappa shape index (κ3) is 4.86. The number of aliphatic hydroxyl groups is 1. The van der Waals surface area contributed by atoms with Gasteiger partial charge in [-0.2, -0.15) is 0 Å². The number of carbonyl (C=O) groups excluding carboxylic acids is 1. The first-order valence-electron chi connectivity index (χ1n) is 13.2. The lowest BCUT2D eigenvalue weighted by atomic mass is 9.72. The monoisotopic (exact) mass is 462 g/mol. The van der Waals surface area contributed by atoms with E-state index in [2.05, 4.69) is 31.2 Å². The molecule has 4 nitrogen and oxygen atoms in total. The molecule has 0 radical (unpaired) electrons. The standard InChI is InChI=1S/C30H38O4/c1-2-33-26-20-27(22-8-4-3-5-9-22)34-29(21-26)18-14-24(15-19-29)28(31)23-10-12-25(13-11-23)30(32)16-6-7-17-30/h3-5,8-13,24,26-27,32H,2,6-7,14-21H2,1H3. The molecule has 4 heteroatoms. The molecule has 2 unspecified atom stereocenters. The Morgan fingerprint density at radius 2 is 1.68 bits per heavy atom. The number of ether oxygens (including phenoxy) is 2. The Morgan fingerprint density at radius 3 is 2.32 bits per heavy atom. The van der Waals surface area contributed by atoms with Gasteiger partial charge in [-0.25, -0.2) is 0 Å². The van der Waals surface area contributed by atoms with Gasteiger partial charge >= 0.3 is 0 Å². The number of carbonyl (C=O) groups is 1. The first-order valence-corrected chi connectivity index (χ1v) is 13.2. The van der Waals surface area contributed by atoms with E-state index in [1.165, 1.54) is 5.56 Å². The quantitative estimate of drug-likeness (QED) is 0.497. The Morgan fingerprint density at radius 1 is 1.00 bits per heavy atom. The summed E-state index contributed by atoms with van der Waals surface area (Å²) in [4.78, 5) is 13.3. The molecule has 3 aliphatic rings. The van der Waals surface area contributed by atoms with E-state index in [-0.39, 0.29) is 29.5 Å². The van der Waals surface area contributed by atoms with Crippen LogP contribution in [0.1, 0.15) is 98.7 Å². The van der Waals surface area contributed by atoms with Crippen LogP contribution in [-0.4, -0.2) is 29.2 Å². The van der Waals surface area contributed by atoms with Crippen molar-refractivity contribution in [2.24, 2.45) is 5.92 Å². The van der Waals surface area contributed by atoms with Gasteiger partial charge in [0, 0.05) is 30.9 Å². The molecule has 2 atom stereocenters. The summed E-state index contributed by atoms with van der Waals surface area (Å²) in [6.45, 7) is 2.78. The van der Waals surface area contributed by atoms with Crippen LogP contribution in [0.2, 0.25) is 0 Å². The van der Waals surface area contributed by atoms with Crippen molar-refractivity contribution < 1.29 is 19.4 Å². The van der Waals surface area contributed by atoms with E-state index in [9.17, 15) is 9.90 Å². The SMILES string of the molecule is CCOC1CC(c2ccccc2)OC2(CCC(C(=O)c3ccc(C4(O)CCCC4)cc3)CC2)C1. The van der Waals surface area contributed by atoms with Crippen molar-refractivity contribution in [3.8, 4) is 0 Å². The predicted molar refractivity (Wildman–Crippen MR) is 133 cm³/mol. The normalized spacial score (nSPS) is 30.9. The highest BCUT2D eigenvalue weighted by Gasteiger charge is 2.45. The molecule has 1 N–H and O–H groups in total. The van der Waals surface area contributed by atoms with Crippen LogP contribution in [0.3, 0.4) is 0 Å². The third-order valence-electron chi connectivity index (χ3n) is 8.45. The Hall–Kier alpha value is -2.01. The minimum Gasteiger partial charge on any atom is -0.385 e. The lowest BCUT2D eigenvalue weighted by molar-refractivity contribution is -0.189. The maximum absolute atomic E-state index is 13.3. The van der Waals surface area contributed by atoms with Crippen molar-refractivity contribution in [2.75, 3.05) is 6.61 Å². The van der Waals surface area contributed by atoms with Crippen LogP contribution in [0.5, 0.6) is 0 Å². The number of Topliss-reactive ketones (excluding diaryl/α,β-unsaturated/α-hetero) is 1. The lowest BCUT2D eigenvalue weighted by Gasteiger charge is -2.48. The summed E-state index contributed by atoms with van der Waals surface area (Å²) in [7, 11) is 0. The number of hydrogen-bond acceptors (Lipinski definition) is 4. The minimum atomic E-state index is -0.705. The van der Waals surface area contributed by atoms with Crippen LogP contribution in [-0.2, 0) is 15.1 Å². The highest BCUT2D eigenvalue weighted by atomic mass is 16.5. The van der Waals surface area contributed by atoms with Gasteiger partial charge in [0.25, 0.3) is 0 Å². The summed E-state index contributed by atoms with van der Waals surface area (Å²) >= 11 is 0. The van der Waals surface area contributed by atoms with E-state index >= 15 is 0 Å². The second-order valence-corrected chi connectivity index (χ2v) is 10.7. The highest BCUT2D eigenvalue weighted by molar-refractivity contribution is 5.98. The first-order chi connectivity index (χ1) is 16.5. The lowest BCUT2D eigenvalue weighted by Crippen LogP contribution is -2.47. The fourth-order valence-corrected chi connectivity index (χ4v) is 6.53. The van der Waals surface area contributed by atoms with Gasteiger partial charge in [0.1, 0.15) is 0 Å². The molecule has 0 amide bonds. The molecule has 182 valence electrons. The van der Waals surface area contributed by atoms with Crippen LogP contribution in [0, 0.1) is 5.92 Å². The fourth-order valence-electron chi connectivity index (χ4n) is 6.53. The second kappa shape index (κ2) is 9.93. The molecule has 2 aliphatic carbocycles. The predicted octanol–water partition coefficient (Wildman–Crippen LogP) is 6.52. The van der Waals surface area contributed by atoms with Gasteiger partial charge in [-0.1, -0.05) is 67.4 Å². The van der Waals surface area contributed by atoms with Crippen LogP contribution < -0.4 is 0 Å². The van der Waals surface area contributed by atoms with Gasteiger partial charge in [0.05, 0.1) is 23.4 Å². The summed E-state index contributed by atoms with van der Waals surface area (Å²) in [5, 5.41) is 10.8. The molecule has 1 heterocycles. The molecule has 34 heavy (non-hydrogen) atoms. The van der Waals surface area contributed by atoms with Gasteiger partial charge in [-0.15, -0.1) is 0 Å². The number of rotatable bonds is 6. The number of benzene rings is 2.